The third kappa shape index (κ3) is 2.24. The average molecular weight is 316 g/mol. The van der Waals surface area contributed by atoms with Crippen LogP contribution in [0.3, 0.4) is 0 Å². The van der Waals surface area contributed by atoms with Gasteiger partial charge in [-0.3, -0.25) is 0 Å². The summed E-state index contributed by atoms with van der Waals surface area (Å²) in [7, 11) is 2.02. The van der Waals surface area contributed by atoms with Gasteiger partial charge < -0.3 is 9.30 Å². The summed E-state index contributed by atoms with van der Waals surface area (Å²) in [4.78, 5) is 16.6. The molecule has 118 valence electrons. The summed E-state index contributed by atoms with van der Waals surface area (Å²) in [6.07, 6.45) is 1.82. The van der Waals surface area contributed by atoms with E-state index in [1.807, 2.05) is 62.5 Å². The van der Waals surface area contributed by atoms with Crippen LogP contribution in [0.2, 0.25) is 0 Å². The summed E-state index contributed by atoms with van der Waals surface area (Å²) in [5, 5.41) is 1.10. The Kier molecular flexibility index (Phi) is 3.31. The molecule has 2 aromatic carbocycles. The first-order chi connectivity index (χ1) is 11.6. The van der Waals surface area contributed by atoms with Crippen LogP contribution in [-0.2, 0) is 16.6 Å². The molecule has 0 spiro atoms. The molecule has 1 aromatic heterocycles. The van der Waals surface area contributed by atoms with Gasteiger partial charge in [0.2, 0.25) is 5.90 Å². The molecule has 0 saturated heterocycles. The Balaban J connectivity index is 1.83. The number of hydrogen-bond donors (Lipinski definition) is 0. The molecule has 0 fully saturated rings. The molecule has 0 bridgehead atoms. The van der Waals surface area contributed by atoms with Crippen LogP contribution in [0, 0.1) is 6.92 Å². The van der Waals surface area contributed by atoms with Gasteiger partial charge in [-0.15, -0.1) is 0 Å². The SMILES string of the molecule is Cc1c(/C=C2/N=C(c3ccccc3)OC2=O)c2ccccc2n1C. The number of fused-ring (bicyclic) bond motifs is 1. The highest BCUT2D eigenvalue weighted by Gasteiger charge is 2.25. The van der Waals surface area contributed by atoms with E-state index in [0.29, 0.717) is 11.6 Å². The lowest BCUT2D eigenvalue weighted by atomic mass is 10.1. The van der Waals surface area contributed by atoms with E-state index in [9.17, 15) is 4.79 Å². The molecular formula is C20H16N2O2. The quantitative estimate of drug-likeness (QED) is 0.533. The third-order valence-electron chi connectivity index (χ3n) is 4.37. The molecular weight excluding hydrogens is 300 g/mol. The maximum atomic E-state index is 12.2. The molecule has 4 heteroatoms. The van der Waals surface area contributed by atoms with Gasteiger partial charge in [-0.05, 0) is 31.2 Å². The number of nitrogens with zero attached hydrogens (tertiary/aromatic N) is 2. The van der Waals surface area contributed by atoms with Crippen LogP contribution in [0.5, 0.6) is 0 Å². The number of para-hydroxylation sites is 1. The molecule has 0 amide bonds. The van der Waals surface area contributed by atoms with Gasteiger partial charge in [0.05, 0.1) is 0 Å². The number of aliphatic imine (C=N–C) groups is 1. The molecule has 0 atom stereocenters. The van der Waals surface area contributed by atoms with E-state index in [-0.39, 0.29) is 0 Å². The highest BCUT2D eigenvalue weighted by atomic mass is 16.6. The van der Waals surface area contributed by atoms with Gasteiger partial charge in [0, 0.05) is 34.8 Å². The summed E-state index contributed by atoms with van der Waals surface area (Å²) in [5.74, 6) is -0.0640. The Hall–Kier alpha value is -3.14. The van der Waals surface area contributed by atoms with Gasteiger partial charge in [-0.1, -0.05) is 36.4 Å². The number of aromatic nitrogens is 1. The van der Waals surface area contributed by atoms with Crippen LogP contribution >= 0.6 is 0 Å². The predicted octanol–water partition coefficient (Wildman–Crippen LogP) is 3.83. The van der Waals surface area contributed by atoms with Crippen molar-refractivity contribution in [2.45, 2.75) is 6.92 Å². The largest absolute Gasteiger partial charge is 0.402 e. The van der Waals surface area contributed by atoms with Crippen molar-refractivity contribution in [3.8, 4) is 0 Å². The third-order valence-corrected chi connectivity index (χ3v) is 4.37. The molecule has 1 aliphatic rings. The first kappa shape index (κ1) is 14.5. The van der Waals surface area contributed by atoms with E-state index < -0.39 is 5.97 Å². The maximum Gasteiger partial charge on any atom is 0.363 e. The number of esters is 1. The van der Waals surface area contributed by atoms with E-state index in [1.54, 1.807) is 0 Å². The summed E-state index contributed by atoms with van der Waals surface area (Å²) in [6, 6.07) is 17.6. The number of benzene rings is 2. The number of rotatable bonds is 2. The van der Waals surface area contributed by atoms with Gasteiger partial charge >= 0.3 is 5.97 Å². The zero-order valence-electron chi connectivity index (χ0n) is 13.5. The minimum Gasteiger partial charge on any atom is -0.402 e. The van der Waals surface area contributed by atoms with Crippen LogP contribution in [0.15, 0.2) is 65.3 Å². The molecule has 4 rings (SSSR count). The monoisotopic (exact) mass is 316 g/mol. The number of cyclic esters (lactones) is 1. The maximum absolute atomic E-state index is 12.2. The fraction of sp³-hybridized carbons (Fsp3) is 0.100. The molecule has 2 heterocycles. The van der Waals surface area contributed by atoms with Crippen molar-refractivity contribution < 1.29 is 9.53 Å². The predicted molar refractivity (Wildman–Crippen MR) is 94.7 cm³/mol. The van der Waals surface area contributed by atoms with Crippen molar-refractivity contribution in [2.24, 2.45) is 12.0 Å². The lowest BCUT2D eigenvalue weighted by Gasteiger charge is -1.98. The number of aryl methyl sites for hydroxylation is 1. The van der Waals surface area contributed by atoms with Crippen molar-refractivity contribution in [1.82, 2.24) is 4.57 Å². The second kappa shape index (κ2) is 5.49. The normalized spacial score (nSPS) is 15.8. The highest BCUT2D eigenvalue weighted by molar-refractivity contribution is 6.13. The van der Waals surface area contributed by atoms with E-state index in [4.69, 9.17) is 4.74 Å². The molecule has 0 radical (unpaired) electrons. The van der Waals surface area contributed by atoms with Crippen molar-refractivity contribution in [3.63, 3.8) is 0 Å². The van der Waals surface area contributed by atoms with Crippen LogP contribution in [0.1, 0.15) is 16.8 Å². The Morgan fingerprint density at radius 3 is 2.54 bits per heavy atom. The zero-order chi connectivity index (χ0) is 16.7. The summed E-state index contributed by atoms with van der Waals surface area (Å²) in [5.41, 5.74) is 4.33. The Labute approximate surface area is 139 Å². The number of carbonyl (C=O) groups excluding carboxylic acids is 1. The number of hydrogen-bond acceptors (Lipinski definition) is 3. The lowest BCUT2D eigenvalue weighted by molar-refractivity contribution is -0.129. The van der Waals surface area contributed by atoms with E-state index in [2.05, 4.69) is 21.7 Å². The molecule has 3 aromatic rings. The minimum absolute atomic E-state index is 0.327. The van der Waals surface area contributed by atoms with Crippen LogP contribution in [-0.4, -0.2) is 16.4 Å². The Morgan fingerprint density at radius 1 is 1.04 bits per heavy atom. The average Bonchev–Trinajstić information content (AvgIpc) is 3.10. The molecule has 0 N–H and O–H groups in total. The lowest BCUT2D eigenvalue weighted by Crippen LogP contribution is -2.04. The van der Waals surface area contributed by atoms with E-state index in [0.717, 1.165) is 27.7 Å². The fourth-order valence-corrected chi connectivity index (χ4v) is 2.98. The van der Waals surface area contributed by atoms with Gasteiger partial charge in [0.1, 0.15) is 0 Å². The van der Waals surface area contributed by atoms with Gasteiger partial charge in [0.25, 0.3) is 0 Å². The van der Waals surface area contributed by atoms with Crippen molar-refractivity contribution in [2.75, 3.05) is 0 Å². The second-order valence-electron chi connectivity index (χ2n) is 5.78. The van der Waals surface area contributed by atoms with Gasteiger partial charge in [-0.25, -0.2) is 9.79 Å². The van der Waals surface area contributed by atoms with E-state index >= 15 is 0 Å². The van der Waals surface area contributed by atoms with Crippen molar-refractivity contribution >= 4 is 28.8 Å². The first-order valence-electron chi connectivity index (χ1n) is 7.77. The zero-order valence-corrected chi connectivity index (χ0v) is 13.5. The smallest absolute Gasteiger partial charge is 0.363 e. The van der Waals surface area contributed by atoms with Crippen LogP contribution in [0.25, 0.3) is 17.0 Å². The number of ether oxygens (including phenoxy) is 1. The first-order valence-corrected chi connectivity index (χ1v) is 7.77. The fourth-order valence-electron chi connectivity index (χ4n) is 2.98. The summed E-state index contributed by atoms with van der Waals surface area (Å²) >= 11 is 0. The van der Waals surface area contributed by atoms with Crippen molar-refractivity contribution in [3.05, 3.63) is 77.1 Å². The molecule has 24 heavy (non-hydrogen) atoms. The molecule has 0 unspecified atom stereocenters. The topological polar surface area (TPSA) is 43.6 Å². The standard InChI is InChI=1S/C20H16N2O2/c1-13-16(15-10-6-7-11-18(15)22(13)2)12-17-20(23)24-19(21-17)14-8-4-3-5-9-14/h3-12H,1-2H3/b17-12+. The summed E-state index contributed by atoms with van der Waals surface area (Å²) < 4.78 is 7.44. The molecule has 0 aliphatic carbocycles. The summed E-state index contributed by atoms with van der Waals surface area (Å²) in [6.45, 7) is 2.04. The molecule has 0 saturated carbocycles. The van der Waals surface area contributed by atoms with Gasteiger partial charge in [-0.2, -0.15) is 0 Å². The van der Waals surface area contributed by atoms with Crippen LogP contribution in [0.4, 0.5) is 0 Å². The van der Waals surface area contributed by atoms with Crippen LogP contribution < -0.4 is 0 Å². The minimum atomic E-state index is -0.416. The highest BCUT2D eigenvalue weighted by Crippen LogP contribution is 2.28. The molecule has 4 nitrogen and oxygen atoms in total. The van der Waals surface area contributed by atoms with Gasteiger partial charge in [0.15, 0.2) is 5.70 Å². The van der Waals surface area contributed by atoms with Crippen molar-refractivity contribution in [1.29, 1.82) is 0 Å². The number of carbonyl (C=O) groups is 1. The Morgan fingerprint density at radius 2 is 1.75 bits per heavy atom. The van der Waals surface area contributed by atoms with E-state index in [1.165, 1.54) is 0 Å². The molecule has 1 aliphatic heterocycles. The Bertz CT molecular complexity index is 1010. The second-order valence-corrected chi connectivity index (χ2v) is 5.78.